The van der Waals surface area contributed by atoms with Gasteiger partial charge in [-0.15, -0.1) is 11.3 Å². The van der Waals surface area contributed by atoms with Gasteiger partial charge in [-0.25, -0.2) is 0 Å². The number of nitrogens with zero attached hydrogens (tertiary/aromatic N) is 1. The summed E-state index contributed by atoms with van der Waals surface area (Å²) in [5.74, 6) is 6.50. The lowest BCUT2D eigenvalue weighted by Gasteiger charge is -2.37. The number of hydrogen-bond acceptors (Lipinski definition) is 4. The normalized spacial score (nSPS) is 17.7. The minimum Gasteiger partial charge on any atom is -0.384 e. The van der Waals surface area contributed by atoms with Gasteiger partial charge in [0.25, 0.3) is 5.91 Å². The third-order valence-electron chi connectivity index (χ3n) is 2.85. The molecule has 0 bridgehead atoms. The molecule has 0 spiro atoms. The predicted molar refractivity (Wildman–Crippen MR) is 80.7 cm³/mol. The summed E-state index contributed by atoms with van der Waals surface area (Å²) in [5, 5.41) is 10.5. The van der Waals surface area contributed by atoms with E-state index in [2.05, 4.69) is 25.7 Å². The zero-order valence-electron chi connectivity index (χ0n) is 11.1. The fourth-order valence-corrected chi connectivity index (χ4v) is 3.87. The first-order valence-electron chi connectivity index (χ1n) is 6.13. The summed E-state index contributed by atoms with van der Waals surface area (Å²) in [4.78, 5) is 15.1. The van der Waals surface area contributed by atoms with Crippen molar-refractivity contribution in [3.8, 4) is 11.8 Å². The minimum absolute atomic E-state index is 0.0849. The lowest BCUT2D eigenvalue weighted by atomic mass is 10.1. The van der Waals surface area contributed by atoms with Crippen molar-refractivity contribution in [3.63, 3.8) is 0 Å². The van der Waals surface area contributed by atoms with Crippen LogP contribution in [0.4, 0.5) is 0 Å². The second-order valence-electron chi connectivity index (χ2n) is 4.99. The summed E-state index contributed by atoms with van der Waals surface area (Å²) in [5.41, 5.74) is 0.704. The molecule has 2 rings (SSSR count). The number of hydrogen-bond donors (Lipinski definition) is 1. The fourth-order valence-electron chi connectivity index (χ4n) is 2.01. The van der Waals surface area contributed by atoms with Gasteiger partial charge in [0.1, 0.15) is 6.61 Å². The monoisotopic (exact) mass is 295 g/mol. The van der Waals surface area contributed by atoms with Crippen LogP contribution in [0.2, 0.25) is 0 Å². The molecule has 0 radical (unpaired) electrons. The van der Waals surface area contributed by atoms with Gasteiger partial charge in [-0.3, -0.25) is 4.79 Å². The highest BCUT2D eigenvalue weighted by Crippen LogP contribution is 2.30. The molecule has 102 valence electrons. The predicted octanol–water partition coefficient (Wildman–Crippen LogP) is 2.06. The van der Waals surface area contributed by atoms with Gasteiger partial charge in [-0.1, -0.05) is 11.8 Å². The molecule has 3 nitrogen and oxygen atoms in total. The molecule has 1 aromatic heterocycles. The van der Waals surface area contributed by atoms with Crippen LogP contribution in [0.1, 0.15) is 29.1 Å². The standard InChI is InChI=1S/C14H17NO2S2/c1-14(2)10-15(5-7-19-14)13(17)11-8-12(18-9-11)4-3-6-16/h8-9,16H,5-7,10H2,1-2H3. The number of aliphatic hydroxyl groups excluding tert-OH is 1. The Hall–Kier alpha value is -0.960. The van der Waals surface area contributed by atoms with Gasteiger partial charge in [0.15, 0.2) is 0 Å². The second-order valence-corrected chi connectivity index (χ2v) is 7.71. The first kappa shape index (κ1) is 14.4. The summed E-state index contributed by atoms with van der Waals surface area (Å²) in [6.07, 6.45) is 0. The first-order valence-corrected chi connectivity index (χ1v) is 8.00. The van der Waals surface area contributed by atoms with Crippen molar-refractivity contribution < 1.29 is 9.90 Å². The number of rotatable bonds is 1. The van der Waals surface area contributed by atoms with E-state index in [9.17, 15) is 4.79 Å². The number of carbonyl (C=O) groups excluding carboxylic acids is 1. The molecule has 0 atom stereocenters. The molecular weight excluding hydrogens is 278 g/mol. The average Bonchev–Trinajstić information content (AvgIpc) is 2.83. The summed E-state index contributed by atoms with van der Waals surface area (Å²) in [7, 11) is 0. The highest BCUT2D eigenvalue weighted by Gasteiger charge is 2.30. The number of amides is 1. The van der Waals surface area contributed by atoms with Crippen LogP contribution in [0, 0.1) is 11.8 Å². The van der Waals surface area contributed by atoms with Crippen LogP contribution >= 0.6 is 23.1 Å². The van der Waals surface area contributed by atoms with E-state index < -0.39 is 0 Å². The molecule has 1 aliphatic rings. The van der Waals surface area contributed by atoms with Crippen molar-refractivity contribution in [2.24, 2.45) is 0 Å². The van der Waals surface area contributed by atoms with Crippen molar-refractivity contribution in [2.45, 2.75) is 18.6 Å². The molecule has 19 heavy (non-hydrogen) atoms. The van der Waals surface area contributed by atoms with Gasteiger partial charge >= 0.3 is 0 Å². The lowest BCUT2D eigenvalue weighted by molar-refractivity contribution is 0.0748. The van der Waals surface area contributed by atoms with Crippen LogP contribution in [-0.4, -0.2) is 46.1 Å². The highest BCUT2D eigenvalue weighted by atomic mass is 32.2. The number of thioether (sulfide) groups is 1. The molecule has 2 heterocycles. The van der Waals surface area contributed by atoms with Crippen LogP contribution in [0.3, 0.4) is 0 Å². The molecule has 1 fully saturated rings. The Balaban J connectivity index is 2.09. The molecule has 1 amide bonds. The zero-order chi connectivity index (χ0) is 13.9. The van der Waals surface area contributed by atoms with Crippen molar-refractivity contribution in [2.75, 3.05) is 25.4 Å². The summed E-state index contributed by atoms with van der Waals surface area (Å²) in [6.45, 7) is 5.77. The summed E-state index contributed by atoms with van der Waals surface area (Å²) < 4.78 is 0.128. The molecule has 1 saturated heterocycles. The van der Waals surface area contributed by atoms with Crippen LogP contribution in [0.5, 0.6) is 0 Å². The summed E-state index contributed by atoms with van der Waals surface area (Å²) in [6, 6.07) is 1.81. The molecule has 1 aliphatic heterocycles. The van der Waals surface area contributed by atoms with Crippen molar-refractivity contribution in [3.05, 3.63) is 21.9 Å². The Labute approximate surface area is 122 Å². The second kappa shape index (κ2) is 6.00. The van der Waals surface area contributed by atoms with E-state index in [-0.39, 0.29) is 17.3 Å². The first-order chi connectivity index (χ1) is 9.02. The SMILES string of the molecule is CC1(C)CN(C(=O)c2csc(C#CCO)c2)CCS1. The number of aliphatic hydroxyl groups is 1. The Morgan fingerprint density at radius 1 is 1.58 bits per heavy atom. The third-order valence-corrected chi connectivity index (χ3v) is 4.99. The van der Waals surface area contributed by atoms with Gasteiger partial charge < -0.3 is 10.0 Å². The van der Waals surface area contributed by atoms with Crippen LogP contribution in [0.15, 0.2) is 11.4 Å². The minimum atomic E-state index is -0.154. The molecular formula is C14H17NO2S2. The average molecular weight is 295 g/mol. The molecule has 1 N–H and O–H groups in total. The molecule has 1 aromatic rings. The van der Waals surface area contributed by atoms with E-state index in [0.29, 0.717) is 5.56 Å². The molecule has 0 unspecified atom stereocenters. The summed E-state index contributed by atoms with van der Waals surface area (Å²) >= 11 is 3.36. The fraction of sp³-hybridized carbons (Fsp3) is 0.500. The third kappa shape index (κ3) is 3.75. The molecule has 5 heteroatoms. The van der Waals surface area contributed by atoms with Gasteiger partial charge in [0, 0.05) is 29.0 Å². The van der Waals surface area contributed by atoms with E-state index in [1.807, 2.05) is 28.1 Å². The van der Waals surface area contributed by atoms with Gasteiger partial charge in [0.2, 0.25) is 0 Å². The largest absolute Gasteiger partial charge is 0.384 e. The van der Waals surface area contributed by atoms with E-state index in [4.69, 9.17) is 5.11 Å². The van der Waals surface area contributed by atoms with Crippen LogP contribution in [-0.2, 0) is 0 Å². The maximum absolute atomic E-state index is 12.4. The van der Waals surface area contributed by atoms with Gasteiger partial charge in [-0.2, -0.15) is 11.8 Å². The number of thiophene rings is 1. The van der Waals surface area contributed by atoms with E-state index in [1.165, 1.54) is 11.3 Å². The van der Waals surface area contributed by atoms with Crippen molar-refractivity contribution >= 4 is 29.0 Å². The Bertz CT molecular complexity index is 525. The van der Waals surface area contributed by atoms with E-state index >= 15 is 0 Å². The Morgan fingerprint density at radius 2 is 2.37 bits per heavy atom. The van der Waals surface area contributed by atoms with Crippen molar-refractivity contribution in [1.82, 2.24) is 4.90 Å². The van der Waals surface area contributed by atoms with Gasteiger partial charge in [-0.05, 0) is 19.9 Å². The van der Waals surface area contributed by atoms with Crippen LogP contribution in [0.25, 0.3) is 0 Å². The van der Waals surface area contributed by atoms with Gasteiger partial charge in [0.05, 0.1) is 10.4 Å². The molecule has 0 aliphatic carbocycles. The maximum Gasteiger partial charge on any atom is 0.254 e. The maximum atomic E-state index is 12.4. The topological polar surface area (TPSA) is 40.5 Å². The molecule has 0 aromatic carbocycles. The number of carbonyl (C=O) groups is 1. The quantitative estimate of drug-likeness (QED) is 0.806. The lowest BCUT2D eigenvalue weighted by Crippen LogP contribution is -2.46. The van der Waals surface area contributed by atoms with Crippen LogP contribution < -0.4 is 0 Å². The smallest absolute Gasteiger partial charge is 0.254 e. The molecule has 0 saturated carbocycles. The van der Waals surface area contributed by atoms with E-state index in [0.717, 1.165) is 23.7 Å². The Morgan fingerprint density at radius 3 is 3.05 bits per heavy atom. The van der Waals surface area contributed by atoms with Crippen molar-refractivity contribution in [1.29, 1.82) is 0 Å². The van der Waals surface area contributed by atoms with E-state index in [1.54, 1.807) is 0 Å². The Kier molecular flexibility index (Phi) is 4.56. The highest BCUT2D eigenvalue weighted by molar-refractivity contribution is 8.00. The zero-order valence-corrected chi connectivity index (χ0v) is 12.7.